The largest absolute Gasteiger partial charge is 0.280 e. The second-order valence-electron chi connectivity index (χ2n) is 7.37. The van der Waals surface area contributed by atoms with E-state index < -0.39 is 4.92 Å². The van der Waals surface area contributed by atoms with Crippen molar-refractivity contribution in [3.05, 3.63) is 99.4 Å². The Hall–Kier alpha value is -3.91. The minimum atomic E-state index is -0.459. The van der Waals surface area contributed by atoms with Crippen molar-refractivity contribution >= 4 is 44.4 Å². The zero-order valence-corrected chi connectivity index (χ0v) is 18.4. The molecule has 2 aromatic carbocycles. The van der Waals surface area contributed by atoms with E-state index in [0.29, 0.717) is 17.2 Å². The van der Waals surface area contributed by atoms with Gasteiger partial charge in [0.05, 0.1) is 21.7 Å². The molecule has 0 radical (unpaired) electrons. The number of aromatic nitrogens is 2. The van der Waals surface area contributed by atoms with Crippen LogP contribution in [0.4, 0.5) is 10.8 Å². The number of amides is 1. The highest BCUT2D eigenvalue weighted by Gasteiger charge is 2.19. The van der Waals surface area contributed by atoms with E-state index in [0.717, 1.165) is 21.3 Å². The molecule has 0 N–H and O–H groups in total. The fourth-order valence-electron chi connectivity index (χ4n) is 3.20. The van der Waals surface area contributed by atoms with Crippen LogP contribution in [0.25, 0.3) is 16.3 Å². The van der Waals surface area contributed by atoms with Crippen LogP contribution in [0.2, 0.25) is 0 Å². The molecular weight excluding hydrogens is 424 g/mol. The highest BCUT2D eigenvalue weighted by atomic mass is 32.1. The number of carbonyl (C=O) groups is 1. The van der Waals surface area contributed by atoms with Crippen LogP contribution < -0.4 is 4.90 Å². The molecule has 7 nitrogen and oxygen atoms in total. The van der Waals surface area contributed by atoms with E-state index in [-0.39, 0.29) is 11.6 Å². The summed E-state index contributed by atoms with van der Waals surface area (Å²) in [6.07, 6.45) is 6.39. The smallest absolute Gasteiger partial charge is 0.270 e. The number of fused-ring (bicyclic) bond motifs is 1. The molecule has 0 bridgehead atoms. The topological polar surface area (TPSA) is 89.2 Å². The van der Waals surface area contributed by atoms with Gasteiger partial charge in [0.2, 0.25) is 0 Å². The summed E-state index contributed by atoms with van der Waals surface area (Å²) in [5, 5.41) is 11.6. The van der Waals surface area contributed by atoms with Gasteiger partial charge in [0.1, 0.15) is 0 Å². The minimum absolute atomic E-state index is 0.0243. The van der Waals surface area contributed by atoms with Crippen LogP contribution >= 0.6 is 11.3 Å². The van der Waals surface area contributed by atoms with Gasteiger partial charge in [-0.05, 0) is 60.4 Å². The van der Waals surface area contributed by atoms with E-state index >= 15 is 0 Å². The zero-order valence-electron chi connectivity index (χ0n) is 17.6. The molecule has 4 aromatic rings. The second-order valence-corrected chi connectivity index (χ2v) is 8.38. The van der Waals surface area contributed by atoms with Crippen molar-refractivity contribution in [3.8, 4) is 0 Å². The number of hydrogen-bond acceptors (Lipinski definition) is 6. The minimum Gasteiger partial charge on any atom is -0.280 e. The van der Waals surface area contributed by atoms with Gasteiger partial charge in [-0.25, -0.2) is 4.98 Å². The lowest BCUT2D eigenvalue weighted by molar-refractivity contribution is -0.384. The molecule has 0 aliphatic rings. The first-order chi connectivity index (χ1) is 15.4. The zero-order chi connectivity index (χ0) is 22.7. The normalized spacial score (nSPS) is 11.2. The number of pyridine rings is 1. The fourth-order valence-corrected chi connectivity index (χ4v) is 4.25. The number of non-ortho nitro benzene ring substituents is 1. The number of anilines is 1. The Morgan fingerprint density at radius 3 is 2.72 bits per heavy atom. The first kappa shape index (κ1) is 21.3. The van der Waals surface area contributed by atoms with Crippen molar-refractivity contribution in [1.29, 1.82) is 0 Å². The Labute approximate surface area is 188 Å². The van der Waals surface area contributed by atoms with Gasteiger partial charge in [-0.3, -0.25) is 24.8 Å². The predicted molar refractivity (Wildman–Crippen MR) is 127 cm³/mol. The maximum absolute atomic E-state index is 13.2. The number of thiazole rings is 1. The second kappa shape index (κ2) is 9.07. The third-order valence-corrected chi connectivity index (χ3v) is 6.09. The molecule has 0 atom stereocenters. The van der Waals surface area contributed by atoms with Crippen molar-refractivity contribution in [2.75, 3.05) is 4.90 Å². The van der Waals surface area contributed by atoms with Gasteiger partial charge in [0.25, 0.3) is 11.6 Å². The van der Waals surface area contributed by atoms with E-state index in [1.807, 2.05) is 25.1 Å². The number of aryl methyl sites for hydroxylation is 2. The van der Waals surface area contributed by atoms with Crippen LogP contribution in [0, 0.1) is 24.0 Å². The molecule has 1 amide bonds. The number of nitrogens with zero attached hydrogens (tertiary/aromatic N) is 4. The molecule has 8 heteroatoms. The van der Waals surface area contributed by atoms with Gasteiger partial charge in [0, 0.05) is 30.6 Å². The summed E-state index contributed by atoms with van der Waals surface area (Å²) in [4.78, 5) is 34.2. The summed E-state index contributed by atoms with van der Waals surface area (Å²) >= 11 is 1.45. The van der Waals surface area contributed by atoms with E-state index in [4.69, 9.17) is 4.98 Å². The lowest BCUT2D eigenvalue weighted by Crippen LogP contribution is -2.28. The first-order valence-electron chi connectivity index (χ1n) is 9.91. The lowest BCUT2D eigenvalue weighted by Gasteiger charge is -2.18. The quantitative estimate of drug-likeness (QED) is 0.224. The SMILES string of the molecule is Cc1cc2nc(N(Cc3cccnc3)C(=O)/C=C/c3cccc([N+](=O)[O-])c3)sc2cc1C. The van der Waals surface area contributed by atoms with Crippen LogP contribution in [-0.2, 0) is 11.3 Å². The van der Waals surface area contributed by atoms with Crippen LogP contribution in [0.1, 0.15) is 22.3 Å². The highest BCUT2D eigenvalue weighted by Crippen LogP contribution is 2.32. The molecule has 0 saturated heterocycles. The molecule has 32 heavy (non-hydrogen) atoms. The monoisotopic (exact) mass is 444 g/mol. The first-order valence-corrected chi connectivity index (χ1v) is 10.7. The number of nitro groups is 1. The average Bonchev–Trinajstić information content (AvgIpc) is 3.19. The summed E-state index contributed by atoms with van der Waals surface area (Å²) in [7, 11) is 0. The highest BCUT2D eigenvalue weighted by molar-refractivity contribution is 7.22. The molecular formula is C24H20N4O3S. The molecule has 0 fully saturated rings. The third-order valence-electron chi connectivity index (χ3n) is 5.05. The number of nitro benzene ring substituents is 1. The summed E-state index contributed by atoms with van der Waals surface area (Å²) in [5.41, 5.74) is 4.58. The number of benzene rings is 2. The van der Waals surface area contributed by atoms with Crippen LogP contribution in [0.15, 0.2) is 67.0 Å². The molecule has 0 aliphatic carbocycles. The molecule has 2 heterocycles. The third kappa shape index (κ3) is 4.70. The summed E-state index contributed by atoms with van der Waals surface area (Å²) < 4.78 is 1.01. The Morgan fingerprint density at radius 1 is 1.16 bits per heavy atom. The Kier molecular flexibility index (Phi) is 6.04. The van der Waals surface area contributed by atoms with E-state index in [1.165, 1.54) is 35.1 Å². The van der Waals surface area contributed by atoms with Gasteiger partial charge in [-0.2, -0.15) is 0 Å². The van der Waals surface area contributed by atoms with Crippen molar-refractivity contribution in [1.82, 2.24) is 9.97 Å². The Morgan fingerprint density at radius 2 is 1.97 bits per heavy atom. The molecule has 0 aliphatic heterocycles. The standard InChI is InChI=1S/C24H20N4O3S/c1-16-11-21-22(12-17(16)2)32-24(26-21)27(15-19-6-4-10-25-14-19)23(29)9-8-18-5-3-7-20(13-18)28(30)31/h3-14H,15H2,1-2H3/b9-8+. The molecule has 160 valence electrons. The average molecular weight is 445 g/mol. The van der Waals surface area contributed by atoms with Crippen molar-refractivity contribution < 1.29 is 9.72 Å². The predicted octanol–water partition coefficient (Wildman–Crippen LogP) is 5.46. The molecule has 0 unspecified atom stereocenters. The summed E-state index contributed by atoms with van der Waals surface area (Å²) in [6, 6.07) is 14.0. The van der Waals surface area contributed by atoms with Gasteiger partial charge in [0.15, 0.2) is 5.13 Å². The number of rotatable bonds is 6. The Balaban J connectivity index is 1.68. The van der Waals surface area contributed by atoms with Gasteiger partial charge in [-0.15, -0.1) is 0 Å². The van der Waals surface area contributed by atoms with Crippen LogP contribution in [-0.4, -0.2) is 20.8 Å². The van der Waals surface area contributed by atoms with Gasteiger partial charge < -0.3 is 0 Å². The molecule has 0 saturated carbocycles. The van der Waals surface area contributed by atoms with Crippen molar-refractivity contribution in [2.24, 2.45) is 0 Å². The Bertz CT molecular complexity index is 1290. The van der Waals surface area contributed by atoms with Gasteiger partial charge in [-0.1, -0.05) is 29.5 Å². The van der Waals surface area contributed by atoms with Crippen molar-refractivity contribution in [3.63, 3.8) is 0 Å². The van der Waals surface area contributed by atoms with Crippen LogP contribution in [0.3, 0.4) is 0 Å². The number of hydrogen-bond donors (Lipinski definition) is 0. The van der Waals surface area contributed by atoms with E-state index in [2.05, 4.69) is 18.0 Å². The maximum atomic E-state index is 13.2. The van der Waals surface area contributed by atoms with E-state index in [9.17, 15) is 14.9 Å². The molecule has 4 rings (SSSR count). The summed E-state index contributed by atoms with van der Waals surface area (Å²) in [6.45, 7) is 4.40. The number of carbonyl (C=O) groups excluding carboxylic acids is 1. The molecule has 2 aromatic heterocycles. The lowest BCUT2D eigenvalue weighted by atomic mass is 10.1. The van der Waals surface area contributed by atoms with Gasteiger partial charge >= 0.3 is 0 Å². The fraction of sp³-hybridized carbons (Fsp3) is 0.125. The molecule has 0 spiro atoms. The van der Waals surface area contributed by atoms with Crippen molar-refractivity contribution in [2.45, 2.75) is 20.4 Å². The summed E-state index contributed by atoms with van der Waals surface area (Å²) in [5.74, 6) is -0.271. The maximum Gasteiger partial charge on any atom is 0.270 e. The van der Waals surface area contributed by atoms with E-state index in [1.54, 1.807) is 35.5 Å². The van der Waals surface area contributed by atoms with Crippen LogP contribution in [0.5, 0.6) is 0 Å².